The second kappa shape index (κ2) is 6.79. The fourth-order valence-electron chi connectivity index (χ4n) is 3.63. The van der Waals surface area contributed by atoms with E-state index in [1.165, 1.54) is 0 Å². The zero-order valence-corrected chi connectivity index (χ0v) is 15.5. The Balaban J connectivity index is 1.68. The smallest absolute Gasteiger partial charge is 0.228 e. The first kappa shape index (κ1) is 17.1. The molecule has 0 saturated heterocycles. The van der Waals surface area contributed by atoms with Crippen molar-refractivity contribution >= 4 is 34.8 Å². The predicted octanol–water partition coefficient (Wildman–Crippen LogP) is 5.94. The number of benzene rings is 3. The Kier molecular flexibility index (Phi) is 4.47. The van der Waals surface area contributed by atoms with Crippen LogP contribution in [0, 0.1) is 5.92 Å². The van der Waals surface area contributed by atoms with Gasteiger partial charge < -0.3 is 5.32 Å². The topological polar surface area (TPSA) is 29.1 Å². The lowest BCUT2D eigenvalue weighted by Crippen LogP contribution is -2.22. The molecule has 1 N–H and O–H groups in total. The van der Waals surface area contributed by atoms with Crippen LogP contribution in [0.4, 0.5) is 5.69 Å². The normalized spacial score (nSPS) is 17.5. The molecule has 0 heterocycles. The number of carbonyl (C=O) groups is 1. The molecule has 1 aliphatic rings. The molecule has 1 atom stereocenters. The fourth-order valence-corrected chi connectivity index (χ4v) is 3.88. The minimum absolute atomic E-state index is 0.0288. The summed E-state index contributed by atoms with van der Waals surface area (Å²) in [6.07, 6.45) is 0.759. The lowest BCUT2D eigenvalue weighted by Gasteiger charge is -2.19. The molecule has 0 bridgehead atoms. The van der Waals surface area contributed by atoms with E-state index in [-0.39, 0.29) is 17.2 Å². The van der Waals surface area contributed by atoms with Crippen LogP contribution in [0.3, 0.4) is 0 Å². The summed E-state index contributed by atoms with van der Waals surface area (Å²) < 4.78 is 0. The maximum Gasteiger partial charge on any atom is 0.228 e. The number of amides is 1. The van der Waals surface area contributed by atoms with Crippen molar-refractivity contribution in [2.45, 2.75) is 11.8 Å². The Hall–Kier alpha value is -2.29. The maximum absolute atomic E-state index is 12.9. The molecule has 3 aromatic rings. The van der Waals surface area contributed by atoms with Gasteiger partial charge in [0.25, 0.3) is 0 Å². The van der Waals surface area contributed by atoms with Crippen LogP contribution in [0.25, 0.3) is 0 Å². The summed E-state index contributed by atoms with van der Waals surface area (Å²) in [5.41, 5.74) is 2.66. The number of hydrogen-bond acceptors (Lipinski definition) is 1. The van der Waals surface area contributed by atoms with Crippen molar-refractivity contribution in [1.29, 1.82) is 0 Å². The Morgan fingerprint density at radius 1 is 0.808 bits per heavy atom. The summed E-state index contributed by atoms with van der Waals surface area (Å²) >= 11 is 12.1. The van der Waals surface area contributed by atoms with Crippen LogP contribution in [0.5, 0.6) is 0 Å². The highest BCUT2D eigenvalue weighted by atomic mass is 35.5. The molecular formula is C22H17Cl2NO. The Bertz CT molecular complexity index is 875. The first-order valence-electron chi connectivity index (χ1n) is 8.47. The number of anilines is 1. The van der Waals surface area contributed by atoms with Crippen molar-refractivity contribution in [3.8, 4) is 0 Å². The Morgan fingerprint density at radius 3 is 1.81 bits per heavy atom. The Labute approximate surface area is 162 Å². The van der Waals surface area contributed by atoms with Crippen LogP contribution in [0.15, 0.2) is 78.9 Å². The van der Waals surface area contributed by atoms with E-state index in [9.17, 15) is 4.79 Å². The van der Waals surface area contributed by atoms with Gasteiger partial charge >= 0.3 is 0 Å². The third-order valence-electron chi connectivity index (χ3n) is 5.04. The van der Waals surface area contributed by atoms with Crippen molar-refractivity contribution in [1.82, 2.24) is 0 Å². The highest BCUT2D eigenvalue weighted by Gasteiger charge is 2.60. The molecular weight excluding hydrogens is 365 g/mol. The summed E-state index contributed by atoms with van der Waals surface area (Å²) in [6.45, 7) is 0. The molecule has 4 rings (SSSR count). The van der Waals surface area contributed by atoms with E-state index in [0.717, 1.165) is 23.2 Å². The van der Waals surface area contributed by atoms with E-state index in [2.05, 4.69) is 5.32 Å². The standard InChI is InChI=1S/C22H17Cl2NO/c23-17-10-6-15(7-11-17)22(16-8-12-18(24)13-9-16)14-20(22)21(26)25-19-4-2-1-3-5-19/h1-13,20H,14H2,(H,25,26)/t20-/m0/s1. The highest BCUT2D eigenvalue weighted by Crippen LogP contribution is 2.59. The molecule has 1 amide bonds. The lowest BCUT2D eigenvalue weighted by atomic mass is 9.85. The molecule has 0 unspecified atom stereocenters. The monoisotopic (exact) mass is 381 g/mol. The zero-order valence-electron chi connectivity index (χ0n) is 14.0. The molecule has 1 aliphatic carbocycles. The molecule has 130 valence electrons. The van der Waals surface area contributed by atoms with Crippen LogP contribution < -0.4 is 5.32 Å². The molecule has 4 heteroatoms. The summed E-state index contributed by atoms with van der Waals surface area (Å²) in [6, 6.07) is 25.1. The molecule has 0 spiro atoms. The van der Waals surface area contributed by atoms with E-state index in [4.69, 9.17) is 23.2 Å². The first-order chi connectivity index (χ1) is 12.6. The van der Waals surface area contributed by atoms with Gasteiger partial charge in [0, 0.05) is 21.1 Å². The summed E-state index contributed by atoms with van der Waals surface area (Å²) in [7, 11) is 0. The van der Waals surface area contributed by atoms with Gasteiger partial charge in [0.1, 0.15) is 0 Å². The number of carbonyl (C=O) groups excluding carboxylic acids is 1. The average Bonchev–Trinajstić information content (AvgIpc) is 3.41. The number of para-hydroxylation sites is 1. The summed E-state index contributed by atoms with van der Waals surface area (Å²) in [4.78, 5) is 12.9. The largest absolute Gasteiger partial charge is 0.326 e. The molecule has 0 aromatic heterocycles. The lowest BCUT2D eigenvalue weighted by molar-refractivity contribution is -0.117. The van der Waals surface area contributed by atoms with Crippen molar-refractivity contribution in [2.24, 2.45) is 5.92 Å². The summed E-state index contributed by atoms with van der Waals surface area (Å²) in [5.74, 6) is -0.105. The second-order valence-electron chi connectivity index (χ2n) is 6.60. The maximum atomic E-state index is 12.9. The van der Waals surface area contributed by atoms with Gasteiger partial charge in [0.15, 0.2) is 0 Å². The van der Waals surface area contributed by atoms with Crippen molar-refractivity contribution in [3.05, 3.63) is 100 Å². The molecule has 0 aliphatic heterocycles. The fraction of sp³-hybridized carbons (Fsp3) is 0.136. The van der Waals surface area contributed by atoms with Gasteiger partial charge in [-0.2, -0.15) is 0 Å². The quantitative estimate of drug-likeness (QED) is 0.595. The minimum Gasteiger partial charge on any atom is -0.326 e. The third-order valence-corrected chi connectivity index (χ3v) is 5.54. The van der Waals surface area contributed by atoms with Gasteiger partial charge in [0.2, 0.25) is 5.91 Å². The first-order valence-corrected chi connectivity index (χ1v) is 9.23. The highest BCUT2D eigenvalue weighted by molar-refractivity contribution is 6.30. The van der Waals surface area contributed by atoms with Gasteiger partial charge in [-0.3, -0.25) is 4.79 Å². The van der Waals surface area contributed by atoms with E-state index in [0.29, 0.717) is 10.0 Å². The van der Waals surface area contributed by atoms with Crippen LogP contribution in [-0.2, 0) is 10.2 Å². The average molecular weight is 382 g/mol. The van der Waals surface area contributed by atoms with E-state index in [1.54, 1.807) is 0 Å². The minimum atomic E-state index is -0.339. The molecule has 26 heavy (non-hydrogen) atoms. The zero-order chi connectivity index (χ0) is 18.1. The molecule has 1 saturated carbocycles. The Morgan fingerprint density at radius 2 is 1.31 bits per heavy atom. The van der Waals surface area contributed by atoms with E-state index >= 15 is 0 Å². The van der Waals surface area contributed by atoms with Crippen molar-refractivity contribution in [2.75, 3.05) is 5.32 Å². The number of rotatable bonds is 4. The van der Waals surface area contributed by atoms with Crippen LogP contribution in [-0.4, -0.2) is 5.91 Å². The molecule has 2 nitrogen and oxygen atoms in total. The van der Waals surface area contributed by atoms with Gasteiger partial charge in [-0.1, -0.05) is 65.7 Å². The molecule has 3 aromatic carbocycles. The SMILES string of the molecule is O=C(Nc1ccccc1)[C@@H]1CC1(c1ccc(Cl)cc1)c1ccc(Cl)cc1. The second-order valence-corrected chi connectivity index (χ2v) is 7.47. The van der Waals surface area contributed by atoms with Crippen LogP contribution in [0.2, 0.25) is 10.0 Å². The number of hydrogen-bond donors (Lipinski definition) is 1. The van der Waals surface area contributed by atoms with Gasteiger partial charge in [0.05, 0.1) is 5.92 Å². The van der Waals surface area contributed by atoms with Crippen molar-refractivity contribution in [3.63, 3.8) is 0 Å². The third kappa shape index (κ3) is 3.11. The molecule has 1 fully saturated rings. The van der Waals surface area contributed by atoms with Crippen LogP contribution >= 0.6 is 23.2 Å². The van der Waals surface area contributed by atoms with E-state index < -0.39 is 0 Å². The van der Waals surface area contributed by atoms with Gasteiger partial charge in [-0.15, -0.1) is 0 Å². The summed E-state index contributed by atoms with van der Waals surface area (Å²) in [5, 5.41) is 4.40. The van der Waals surface area contributed by atoms with Crippen LogP contribution in [0.1, 0.15) is 17.5 Å². The molecule has 0 radical (unpaired) electrons. The van der Waals surface area contributed by atoms with Gasteiger partial charge in [-0.05, 0) is 53.9 Å². The predicted molar refractivity (Wildman–Crippen MR) is 107 cm³/mol. The van der Waals surface area contributed by atoms with Gasteiger partial charge in [-0.25, -0.2) is 0 Å². The number of halogens is 2. The van der Waals surface area contributed by atoms with E-state index in [1.807, 2.05) is 78.9 Å². The van der Waals surface area contributed by atoms with Crippen molar-refractivity contribution < 1.29 is 4.79 Å². The number of nitrogens with one attached hydrogen (secondary N) is 1.